The lowest BCUT2D eigenvalue weighted by Gasteiger charge is -2.35. The van der Waals surface area contributed by atoms with Gasteiger partial charge in [-0.2, -0.15) is 0 Å². The highest BCUT2D eigenvalue weighted by Crippen LogP contribution is 2.27. The van der Waals surface area contributed by atoms with Gasteiger partial charge in [0.25, 0.3) is 0 Å². The molecule has 4 heteroatoms. The molecule has 1 amide bonds. The van der Waals surface area contributed by atoms with Crippen molar-refractivity contribution >= 4 is 5.91 Å². The van der Waals surface area contributed by atoms with Gasteiger partial charge in [0.05, 0.1) is 6.54 Å². The zero-order chi connectivity index (χ0) is 17.6. The van der Waals surface area contributed by atoms with E-state index in [1.54, 1.807) is 0 Å². The molecular formula is C21H33N3O. The Hall–Kier alpha value is -1.39. The number of carbonyl (C=O) groups is 1. The third-order valence-corrected chi connectivity index (χ3v) is 5.28. The first-order valence-electron chi connectivity index (χ1n) is 9.86. The number of likely N-dealkylation sites (tertiary alicyclic amines) is 1. The summed E-state index contributed by atoms with van der Waals surface area (Å²) in [4.78, 5) is 14.4. The summed E-state index contributed by atoms with van der Waals surface area (Å²) >= 11 is 0. The van der Waals surface area contributed by atoms with Gasteiger partial charge in [0.1, 0.15) is 0 Å². The van der Waals surface area contributed by atoms with Crippen molar-refractivity contribution in [2.24, 2.45) is 17.8 Å². The summed E-state index contributed by atoms with van der Waals surface area (Å²) in [6.07, 6.45) is 3.98. The molecular weight excluding hydrogens is 310 g/mol. The first-order chi connectivity index (χ1) is 12.1. The number of hydrogen-bond acceptors (Lipinski definition) is 3. The maximum atomic E-state index is 11.8. The summed E-state index contributed by atoms with van der Waals surface area (Å²) in [5.74, 6) is 2.49. The number of amides is 1. The van der Waals surface area contributed by atoms with Crippen molar-refractivity contribution in [3.05, 3.63) is 35.4 Å². The smallest absolute Gasteiger partial charge is 0.234 e. The second-order valence-electron chi connectivity index (χ2n) is 8.31. The zero-order valence-corrected chi connectivity index (χ0v) is 15.8. The van der Waals surface area contributed by atoms with E-state index in [1.165, 1.54) is 43.5 Å². The number of piperidine rings is 1. The maximum Gasteiger partial charge on any atom is 0.234 e. The third-order valence-electron chi connectivity index (χ3n) is 5.28. The van der Waals surface area contributed by atoms with Crippen LogP contribution in [0.25, 0.3) is 0 Å². The van der Waals surface area contributed by atoms with E-state index in [-0.39, 0.29) is 5.91 Å². The van der Waals surface area contributed by atoms with E-state index in [9.17, 15) is 4.79 Å². The second-order valence-corrected chi connectivity index (χ2v) is 8.31. The van der Waals surface area contributed by atoms with Gasteiger partial charge in [-0.3, -0.25) is 9.69 Å². The van der Waals surface area contributed by atoms with Crippen LogP contribution in [0.15, 0.2) is 24.3 Å². The van der Waals surface area contributed by atoms with Crippen molar-refractivity contribution in [3.63, 3.8) is 0 Å². The van der Waals surface area contributed by atoms with Crippen molar-refractivity contribution in [3.8, 4) is 0 Å². The number of benzene rings is 1. The Kier molecular flexibility index (Phi) is 6.49. The third kappa shape index (κ3) is 6.44. The number of nitrogens with zero attached hydrogens (tertiary/aromatic N) is 1. The van der Waals surface area contributed by atoms with Crippen LogP contribution in [-0.4, -0.2) is 37.0 Å². The Bertz CT molecular complexity index is 543. The molecule has 0 radical (unpaired) electrons. The SMILES string of the molecule is CC1CC(C)CN(Cc2ccc(CNC(=O)CNCC3CC3)cc2)C1. The minimum atomic E-state index is 0.0843. The Morgan fingerprint density at radius 2 is 1.72 bits per heavy atom. The number of rotatable bonds is 8. The molecule has 2 atom stereocenters. The molecule has 0 bridgehead atoms. The average Bonchev–Trinajstić information content (AvgIpc) is 3.37. The Labute approximate surface area is 152 Å². The normalized spacial score (nSPS) is 24.2. The lowest BCUT2D eigenvalue weighted by Crippen LogP contribution is -2.38. The molecule has 25 heavy (non-hydrogen) atoms. The standard InChI is InChI=1S/C21H33N3O/c1-16-9-17(2)14-24(13-16)15-20-7-5-19(6-8-20)11-23-21(25)12-22-10-18-3-4-18/h5-8,16-18,22H,3-4,9-15H2,1-2H3,(H,23,25). The van der Waals surface area contributed by atoms with Crippen LogP contribution in [-0.2, 0) is 17.9 Å². The second kappa shape index (κ2) is 8.81. The Morgan fingerprint density at radius 1 is 1.08 bits per heavy atom. The Balaban J connectivity index is 1.38. The summed E-state index contributed by atoms with van der Waals surface area (Å²) in [7, 11) is 0. The molecule has 2 unspecified atom stereocenters. The number of carbonyl (C=O) groups excluding carboxylic acids is 1. The molecule has 1 heterocycles. The lowest BCUT2D eigenvalue weighted by atomic mass is 9.91. The van der Waals surface area contributed by atoms with Gasteiger partial charge < -0.3 is 10.6 Å². The van der Waals surface area contributed by atoms with Crippen LogP contribution < -0.4 is 10.6 Å². The Morgan fingerprint density at radius 3 is 2.36 bits per heavy atom. The van der Waals surface area contributed by atoms with Gasteiger partial charge in [-0.15, -0.1) is 0 Å². The van der Waals surface area contributed by atoms with Gasteiger partial charge in [0.2, 0.25) is 5.91 Å². The number of hydrogen-bond donors (Lipinski definition) is 2. The summed E-state index contributed by atoms with van der Waals surface area (Å²) in [5.41, 5.74) is 2.53. The van der Waals surface area contributed by atoms with Crippen molar-refractivity contribution < 1.29 is 4.79 Å². The van der Waals surface area contributed by atoms with Gasteiger partial charge >= 0.3 is 0 Å². The highest BCUT2D eigenvalue weighted by molar-refractivity contribution is 5.77. The first-order valence-corrected chi connectivity index (χ1v) is 9.86. The fraction of sp³-hybridized carbons (Fsp3) is 0.667. The summed E-state index contributed by atoms with van der Waals surface area (Å²) in [5, 5.41) is 6.22. The van der Waals surface area contributed by atoms with Crippen LogP contribution in [0.3, 0.4) is 0 Å². The molecule has 2 N–H and O–H groups in total. The molecule has 0 aromatic heterocycles. The topological polar surface area (TPSA) is 44.4 Å². The van der Waals surface area contributed by atoms with Crippen LogP contribution in [0.2, 0.25) is 0 Å². The molecule has 1 aromatic rings. The van der Waals surface area contributed by atoms with Crippen LogP contribution in [0, 0.1) is 17.8 Å². The van der Waals surface area contributed by atoms with Gasteiger partial charge in [-0.1, -0.05) is 38.1 Å². The van der Waals surface area contributed by atoms with Crippen LogP contribution >= 0.6 is 0 Å². The minimum absolute atomic E-state index is 0.0843. The van der Waals surface area contributed by atoms with E-state index < -0.39 is 0 Å². The van der Waals surface area contributed by atoms with E-state index in [0.29, 0.717) is 13.1 Å². The van der Waals surface area contributed by atoms with E-state index in [1.807, 2.05) is 0 Å². The number of nitrogens with one attached hydrogen (secondary N) is 2. The van der Waals surface area contributed by atoms with E-state index in [0.717, 1.165) is 30.8 Å². The predicted molar refractivity (Wildman–Crippen MR) is 102 cm³/mol. The molecule has 2 aliphatic rings. The van der Waals surface area contributed by atoms with Crippen LogP contribution in [0.4, 0.5) is 0 Å². The molecule has 1 aromatic carbocycles. The fourth-order valence-electron chi connectivity index (χ4n) is 3.92. The van der Waals surface area contributed by atoms with Gasteiger partial charge in [-0.25, -0.2) is 0 Å². The molecule has 1 saturated heterocycles. The molecule has 1 saturated carbocycles. The summed E-state index contributed by atoms with van der Waals surface area (Å²) in [6, 6.07) is 8.70. The van der Waals surface area contributed by atoms with E-state index in [2.05, 4.69) is 53.6 Å². The molecule has 1 aliphatic heterocycles. The van der Waals surface area contributed by atoms with E-state index >= 15 is 0 Å². The molecule has 4 nitrogen and oxygen atoms in total. The largest absolute Gasteiger partial charge is 0.351 e. The summed E-state index contributed by atoms with van der Waals surface area (Å²) in [6.45, 7) is 10.2. The average molecular weight is 344 g/mol. The predicted octanol–water partition coefficient (Wildman–Crippen LogP) is 2.78. The van der Waals surface area contributed by atoms with Crippen molar-refractivity contribution in [2.75, 3.05) is 26.2 Å². The quantitative estimate of drug-likeness (QED) is 0.763. The van der Waals surface area contributed by atoms with Gasteiger partial charge in [-0.05, 0) is 54.7 Å². The molecule has 0 spiro atoms. The van der Waals surface area contributed by atoms with Crippen molar-refractivity contribution in [1.82, 2.24) is 15.5 Å². The molecule has 3 rings (SSSR count). The van der Waals surface area contributed by atoms with Crippen LogP contribution in [0.5, 0.6) is 0 Å². The van der Waals surface area contributed by atoms with Gasteiger partial charge in [0.15, 0.2) is 0 Å². The van der Waals surface area contributed by atoms with Crippen molar-refractivity contribution in [1.29, 1.82) is 0 Å². The van der Waals surface area contributed by atoms with Crippen molar-refractivity contribution in [2.45, 2.75) is 46.2 Å². The highest BCUT2D eigenvalue weighted by Gasteiger charge is 2.22. The monoisotopic (exact) mass is 343 g/mol. The van der Waals surface area contributed by atoms with Gasteiger partial charge in [0, 0.05) is 26.2 Å². The zero-order valence-electron chi connectivity index (χ0n) is 15.8. The molecule has 138 valence electrons. The maximum absolute atomic E-state index is 11.8. The van der Waals surface area contributed by atoms with E-state index in [4.69, 9.17) is 0 Å². The highest BCUT2D eigenvalue weighted by atomic mass is 16.1. The van der Waals surface area contributed by atoms with Crippen LogP contribution in [0.1, 0.15) is 44.2 Å². The fourth-order valence-corrected chi connectivity index (χ4v) is 3.92. The summed E-state index contributed by atoms with van der Waals surface area (Å²) < 4.78 is 0. The molecule has 1 aliphatic carbocycles. The lowest BCUT2D eigenvalue weighted by molar-refractivity contribution is -0.120. The first kappa shape index (κ1) is 18.4. The molecule has 2 fully saturated rings. The minimum Gasteiger partial charge on any atom is -0.351 e.